The van der Waals surface area contributed by atoms with Crippen molar-refractivity contribution in [1.82, 2.24) is 29.7 Å². The summed E-state index contributed by atoms with van der Waals surface area (Å²) in [6.07, 6.45) is 11.6. The van der Waals surface area contributed by atoms with Gasteiger partial charge in [-0.3, -0.25) is 9.58 Å². The molecule has 188 valence electrons. The van der Waals surface area contributed by atoms with Crippen molar-refractivity contribution in [2.45, 2.75) is 120 Å². The molecule has 0 aromatic carbocycles. The fourth-order valence-corrected chi connectivity index (χ4v) is 3.46. The van der Waals surface area contributed by atoms with Gasteiger partial charge in [-0.25, -0.2) is 0 Å². The Balaban J connectivity index is 0. The van der Waals surface area contributed by atoms with Gasteiger partial charge in [0.15, 0.2) is 0 Å². The highest BCUT2D eigenvalue weighted by Crippen LogP contribution is 2.49. The summed E-state index contributed by atoms with van der Waals surface area (Å²) in [7, 11) is 0. The van der Waals surface area contributed by atoms with Crippen LogP contribution in [-0.2, 0) is 11.1 Å². The molecule has 3 heterocycles. The zero-order chi connectivity index (χ0) is 21.9. The van der Waals surface area contributed by atoms with Crippen molar-refractivity contribution in [1.29, 1.82) is 0 Å². The fraction of sp³-hybridized carbons (Fsp3) is 0.808. The molecular weight excluding hydrogens is 396 g/mol. The zero-order valence-electron chi connectivity index (χ0n) is 20.1. The van der Waals surface area contributed by atoms with E-state index in [1.807, 2.05) is 16.9 Å². The van der Waals surface area contributed by atoms with E-state index in [-0.39, 0.29) is 33.4 Å². The van der Waals surface area contributed by atoms with Crippen molar-refractivity contribution in [2.75, 3.05) is 13.1 Å². The topological polar surface area (TPSA) is 51.8 Å². The maximum absolute atomic E-state index is 4.10. The first kappa shape index (κ1) is 32.5. The van der Waals surface area contributed by atoms with Gasteiger partial charge in [0.1, 0.15) is 0 Å². The van der Waals surface area contributed by atoms with Crippen molar-refractivity contribution in [2.24, 2.45) is 5.41 Å². The van der Waals surface area contributed by atoms with Crippen LogP contribution >= 0.6 is 0 Å². The maximum atomic E-state index is 4.10. The number of hydrogen-bond acceptors (Lipinski definition) is 4. The van der Waals surface area contributed by atoms with Gasteiger partial charge in [-0.15, -0.1) is 0 Å². The standard InChI is InChI=1S/C10H19N.C7H12N2.C6H11N3.3CH4/c1-9(2,3)11-7-10(8-11)5-4-6-10;1-7(2,3)9-6-4-5-8-9;1-6(2,3)9-7-4-5-8-9;;;/h4-8H2,1-3H3;4-6H,1-3H3;4-5H,1-3H3;3*1H4. The summed E-state index contributed by atoms with van der Waals surface area (Å²) >= 11 is 0. The second-order valence-electron chi connectivity index (χ2n) is 11.5. The van der Waals surface area contributed by atoms with Crippen LogP contribution < -0.4 is 0 Å². The second kappa shape index (κ2) is 12.0. The molecular formula is C26H54N6. The predicted octanol–water partition coefficient (Wildman–Crippen LogP) is 6.85. The van der Waals surface area contributed by atoms with E-state index in [2.05, 4.69) is 82.5 Å². The summed E-state index contributed by atoms with van der Waals surface area (Å²) < 4.78 is 1.94. The minimum atomic E-state index is 0. The first-order valence-electron chi connectivity index (χ1n) is 10.9. The van der Waals surface area contributed by atoms with Crippen molar-refractivity contribution >= 4 is 0 Å². The van der Waals surface area contributed by atoms with Crippen molar-refractivity contribution in [3.05, 3.63) is 30.9 Å². The summed E-state index contributed by atoms with van der Waals surface area (Å²) in [6.45, 7) is 22.3. The molecule has 1 aliphatic carbocycles. The van der Waals surface area contributed by atoms with Gasteiger partial charge in [0.2, 0.25) is 0 Å². The molecule has 0 amide bonds. The third-order valence-corrected chi connectivity index (χ3v) is 5.63. The van der Waals surface area contributed by atoms with Gasteiger partial charge in [0.05, 0.1) is 23.5 Å². The van der Waals surface area contributed by atoms with Gasteiger partial charge in [0.25, 0.3) is 0 Å². The monoisotopic (exact) mass is 450 g/mol. The molecule has 32 heavy (non-hydrogen) atoms. The van der Waals surface area contributed by atoms with Crippen LogP contribution in [0.2, 0.25) is 0 Å². The first-order chi connectivity index (χ1) is 13.2. The van der Waals surface area contributed by atoms with Gasteiger partial charge in [-0.1, -0.05) is 28.7 Å². The van der Waals surface area contributed by atoms with Crippen LogP contribution in [0.3, 0.4) is 0 Å². The van der Waals surface area contributed by atoms with Gasteiger partial charge in [0, 0.05) is 31.0 Å². The van der Waals surface area contributed by atoms with Gasteiger partial charge in [-0.2, -0.15) is 20.1 Å². The smallest absolute Gasteiger partial charge is 0.0740 e. The molecule has 4 rings (SSSR count). The largest absolute Gasteiger partial charge is 0.297 e. The molecule has 6 heteroatoms. The zero-order valence-corrected chi connectivity index (χ0v) is 20.1. The molecule has 0 atom stereocenters. The molecule has 6 nitrogen and oxygen atoms in total. The lowest BCUT2D eigenvalue weighted by Crippen LogP contribution is -2.64. The third-order valence-electron chi connectivity index (χ3n) is 5.63. The quantitative estimate of drug-likeness (QED) is 0.440. The van der Waals surface area contributed by atoms with Crippen LogP contribution in [0.25, 0.3) is 0 Å². The molecule has 0 radical (unpaired) electrons. The van der Waals surface area contributed by atoms with Crippen LogP contribution in [0.4, 0.5) is 0 Å². The molecule has 0 unspecified atom stereocenters. The lowest BCUT2D eigenvalue weighted by Gasteiger charge is -2.60. The van der Waals surface area contributed by atoms with Crippen molar-refractivity contribution in [3.8, 4) is 0 Å². The van der Waals surface area contributed by atoms with Crippen LogP contribution in [0.1, 0.15) is 104 Å². The normalized spacial score (nSPS) is 16.9. The first-order valence-corrected chi connectivity index (χ1v) is 10.9. The Kier molecular flexibility index (Phi) is 12.1. The van der Waals surface area contributed by atoms with E-state index in [1.165, 1.54) is 32.4 Å². The summed E-state index contributed by atoms with van der Waals surface area (Å²) in [5, 5.41) is 12.1. The highest BCUT2D eigenvalue weighted by atomic mass is 15.5. The average Bonchev–Trinajstić information content (AvgIpc) is 3.17. The second-order valence-corrected chi connectivity index (χ2v) is 11.5. The lowest BCUT2D eigenvalue weighted by atomic mass is 9.62. The van der Waals surface area contributed by atoms with E-state index in [0.717, 1.165) is 5.41 Å². The Morgan fingerprint density at radius 3 is 1.38 bits per heavy atom. The van der Waals surface area contributed by atoms with E-state index in [1.54, 1.807) is 23.4 Å². The Morgan fingerprint density at radius 1 is 0.656 bits per heavy atom. The molecule has 1 aliphatic heterocycles. The fourth-order valence-electron chi connectivity index (χ4n) is 3.46. The van der Waals surface area contributed by atoms with Gasteiger partial charge < -0.3 is 0 Å². The minimum absolute atomic E-state index is 0. The molecule has 0 bridgehead atoms. The molecule has 2 aromatic rings. The number of nitrogens with zero attached hydrogens (tertiary/aromatic N) is 6. The van der Waals surface area contributed by atoms with E-state index in [9.17, 15) is 0 Å². The molecule has 1 saturated carbocycles. The summed E-state index contributed by atoms with van der Waals surface area (Å²) in [6, 6.07) is 1.94. The van der Waals surface area contributed by atoms with E-state index >= 15 is 0 Å². The molecule has 2 fully saturated rings. The molecule has 1 spiro atoms. The van der Waals surface area contributed by atoms with E-state index < -0.39 is 0 Å². The summed E-state index contributed by atoms with van der Waals surface area (Å²) in [5.41, 5.74) is 1.36. The van der Waals surface area contributed by atoms with Crippen LogP contribution in [0, 0.1) is 5.41 Å². The number of aromatic nitrogens is 5. The highest BCUT2D eigenvalue weighted by molar-refractivity contribution is 5.03. The molecule has 0 N–H and O–H groups in total. The molecule has 2 aliphatic rings. The van der Waals surface area contributed by atoms with Crippen LogP contribution in [-0.4, -0.2) is 48.3 Å². The number of hydrogen-bond donors (Lipinski definition) is 0. The molecule has 2 aromatic heterocycles. The Bertz CT molecular complexity index is 656. The summed E-state index contributed by atoms with van der Waals surface area (Å²) in [4.78, 5) is 4.29. The van der Waals surface area contributed by atoms with Crippen LogP contribution in [0.15, 0.2) is 30.9 Å². The predicted molar refractivity (Wildman–Crippen MR) is 140 cm³/mol. The SMILES string of the molecule is C.C.C.CC(C)(C)N1CC2(CCC2)C1.CC(C)(C)n1cccn1.CC(C)(C)n1nccn1. The van der Waals surface area contributed by atoms with Crippen molar-refractivity contribution in [3.63, 3.8) is 0 Å². The average molecular weight is 451 g/mol. The number of rotatable bonds is 0. The van der Waals surface area contributed by atoms with Crippen molar-refractivity contribution < 1.29 is 0 Å². The Morgan fingerprint density at radius 2 is 1.16 bits per heavy atom. The highest BCUT2D eigenvalue weighted by Gasteiger charge is 2.49. The lowest BCUT2D eigenvalue weighted by molar-refractivity contribution is -0.104. The van der Waals surface area contributed by atoms with Crippen LogP contribution in [0.5, 0.6) is 0 Å². The third kappa shape index (κ3) is 9.05. The Labute approximate surface area is 199 Å². The molecule has 1 saturated heterocycles. The van der Waals surface area contributed by atoms with E-state index in [4.69, 9.17) is 0 Å². The van der Waals surface area contributed by atoms with E-state index in [0.29, 0.717) is 5.54 Å². The van der Waals surface area contributed by atoms with Gasteiger partial charge >= 0.3 is 0 Å². The minimum Gasteiger partial charge on any atom is -0.297 e. The number of likely N-dealkylation sites (tertiary alicyclic amines) is 1. The van der Waals surface area contributed by atoms with Gasteiger partial charge in [-0.05, 0) is 86.6 Å². The summed E-state index contributed by atoms with van der Waals surface area (Å²) in [5.74, 6) is 0. The maximum Gasteiger partial charge on any atom is 0.0740 e. The Hall–Kier alpha value is -1.69.